The Bertz CT molecular complexity index is 1950. The minimum atomic E-state index is -4.53. The van der Waals surface area contributed by atoms with E-state index >= 15 is 0 Å². The Hall–Kier alpha value is -5.30. The Morgan fingerprint density at radius 1 is 0.933 bits per heavy atom. The lowest BCUT2D eigenvalue weighted by atomic mass is 10.1. The monoisotopic (exact) mass is 637 g/mol. The molecule has 13 heteroatoms. The molecular formula is C32H26F3N3O6S. The summed E-state index contributed by atoms with van der Waals surface area (Å²) in [7, 11) is 4.53. The van der Waals surface area contributed by atoms with Crippen LogP contribution in [0.4, 0.5) is 18.9 Å². The SMILES string of the molecule is COc1ccc(-c2csc3nc(C=Cc4ccc(OCC(=O)Nc5cccc(C(F)(F)F)c5)c(OC)c4)[nH]c(=O)c23)cc1OC. The summed E-state index contributed by atoms with van der Waals surface area (Å²) in [5.74, 6) is 1.40. The van der Waals surface area contributed by atoms with Gasteiger partial charge in [0.1, 0.15) is 10.7 Å². The molecule has 232 valence electrons. The van der Waals surface area contributed by atoms with Crippen LogP contribution in [0.3, 0.4) is 0 Å². The number of aromatic amines is 1. The van der Waals surface area contributed by atoms with Gasteiger partial charge in [0.2, 0.25) is 0 Å². The Balaban J connectivity index is 1.28. The number of carbonyl (C=O) groups excluding carboxylic acids is 1. The molecule has 0 fully saturated rings. The fraction of sp³-hybridized carbons (Fsp3) is 0.156. The Morgan fingerprint density at radius 2 is 1.67 bits per heavy atom. The molecule has 2 aromatic heterocycles. The van der Waals surface area contributed by atoms with E-state index in [0.29, 0.717) is 38.9 Å². The van der Waals surface area contributed by atoms with Crippen LogP contribution in [0, 0.1) is 0 Å². The van der Waals surface area contributed by atoms with Crippen molar-refractivity contribution in [3.05, 3.63) is 93.3 Å². The second-order valence-electron chi connectivity index (χ2n) is 9.51. The van der Waals surface area contributed by atoms with Crippen molar-refractivity contribution in [3.63, 3.8) is 0 Å². The molecule has 0 bridgehead atoms. The van der Waals surface area contributed by atoms with Gasteiger partial charge in [0.05, 0.1) is 32.3 Å². The van der Waals surface area contributed by atoms with E-state index < -0.39 is 24.3 Å². The Kier molecular flexibility index (Phi) is 9.09. The number of anilines is 1. The summed E-state index contributed by atoms with van der Waals surface area (Å²) in [5, 5.41) is 4.72. The van der Waals surface area contributed by atoms with Gasteiger partial charge in [0.15, 0.2) is 29.6 Å². The predicted molar refractivity (Wildman–Crippen MR) is 166 cm³/mol. The number of thiophene rings is 1. The number of rotatable bonds is 10. The zero-order valence-electron chi connectivity index (χ0n) is 24.2. The summed E-state index contributed by atoms with van der Waals surface area (Å²) in [4.78, 5) is 33.4. The van der Waals surface area contributed by atoms with E-state index in [1.165, 1.54) is 30.6 Å². The van der Waals surface area contributed by atoms with E-state index in [4.69, 9.17) is 18.9 Å². The van der Waals surface area contributed by atoms with Crippen molar-refractivity contribution in [2.24, 2.45) is 0 Å². The fourth-order valence-electron chi connectivity index (χ4n) is 4.46. The van der Waals surface area contributed by atoms with E-state index in [1.54, 1.807) is 56.7 Å². The number of hydrogen-bond donors (Lipinski definition) is 2. The third-order valence-corrected chi connectivity index (χ3v) is 7.48. The average Bonchev–Trinajstić information content (AvgIpc) is 3.47. The van der Waals surface area contributed by atoms with Crippen molar-refractivity contribution in [1.82, 2.24) is 9.97 Å². The highest BCUT2D eigenvalue weighted by Crippen LogP contribution is 2.37. The van der Waals surface area contributed by atoms with Crippen LogP contribution in [0.15, 0.2) is 70.8 Å². The van der Waals surface area contributed by atoms with Gasteiger partial charge in [-0.3, -0.25) is 9.59 Å². The molecule has 45 heavy (non-hydrogen) atoms. The van der Waals surface area contributed by atoms with Gasteiger partial charge in [0.25, 0.3) is 11.5 Å². The van der Waals surface area contributed by atoms with Crippen molar-refractivity contribution in [3.8, 4) is 34.1 Å². The van der Waals surface area contributed by atoms with Crippen LogP contribution in [-0.2, 0) is 11.0 Å². The quantitative estimate of drug-likeness (QED) is 0.172. The molecule has 0 saturated heterocycles. The van der Waals surface area contributed by atoms with Crippen LogP contribution in [0.1, 0.15) is 17.0 Å². The van der Waals surface area contributed by atoms with E-state index in [1.807, 2.05) is 11.4 Å². The first-order valence-electron chi connectivity index (χ1n) is 13.3. The van der Waals surface area contributed by atoms with Crippen molar-refractivity contribution >= 4 is 45.3 Å². The lowest BCUT2D eigenvalue weighted by Crippen LogP contribution is -2.20. The van der Waals surface area contributed by atoms with Crippen LogP contribution in [-0.4, -0.2) is 43.8 Å². The van der Waals surface area contributed by atoms with Gasteiger partial charge in [0, 0.05) is 16.6 Å². The zero-order chi connectivity index (χ0) is 32.1. The van der Waals surface area contributed by atoms with Crippen LogP contribution in [0.25, 0.3) is 33.5 Å². The zero-order valence-corrected chi connectivity index (χ0v) is 25.0. The topological polar surface area (TPSA) is 112 Å². The van der Waals surface area contributed by atoms with Crippen molar-refractivity contribution in [2.75, 3.05) is 33.3 Å². The Labute approximate surface area is 258 Å². The predicted octanol–water partition coefficient (Wildman–Crippen LogP) is 6.88. The van der Waals surface area contributed by atoms with Gasteiger partial charge in [-0.05, 0) is 59.7 Å². The molecule has 9 nitrogen and oxygen atoms in total. The molecule has 2 N–H and O–H groups in total. The first kappa shape index (κ1) is 31.1. The number of nitrogens with zero attached hydrogens (tertiary/aromatic N) is 1. The molecule has 0 spiro atoms. The third-order valence-electron chi connectivity index (χ3n) is 6.61. The molecule has 3 aromatic carbocycles. The molecular weight excluding hydrogens is 611 g/mol. The lowest BCUT2D eigenvalue weighted by molar-refractivity contribution is -0.137. The molecule has 0 saturated carbocycles. The molecule has 0 aliphatic heterocycles. The summed E-state index contributed by atoms with van der Waals surface area (Å²) in [6.07, 6.45) is -1.16. The third kappa shape index (κ3) is 7.10. The number of fused-ring (bicyclic) bond motifs is 1. The number of alkyl halides is 3. The van der Waals surface area contributed by atoms with Crippen LogP contribution in [0.5, 0.6) is 23.0 Å². The number of hydrogen-bond acceptors (Lipinski definition) is 8. The maximum absolute atomic E-state index is 13.1. The summed E-state index contributed by atoms with van der Waals surface area (Å²) in [6, 6.07) is 14.7. The number of aromatic nitrogens is 2. The normalized spacial score (nSPS) is 11.5. The van der Waals surface area contributed by atoms with Crippen molar-refractivity contribution in [1.29, 1.82) is 0 Å². The number of H-pyrrole nitrogens is 1. The van der Waals surface area contributed by atoms with Gasteiger partial charge in [-0.25, -0.2) is 4.98 Å². The largest absolute Gasteiger partial charge is 0.493 e. The molecule has 1 amide bonds. The van der Waals surface area contributed by atoms with Crippen LogP contribution < -0.4 is 29.8 Å². The van der Waals surface area contributed by atoms with Gasteiger partial charge in [-0.1, -0.05) is 24.3 Å². The molecule has 0 atom stereocenters. The number of nitrogens with one attached hydrogen (secondary N) is 2. The van der Waals surface area contributed by atoms with Crippen molar-refractivity contribution < 1.29 is 36.9 Å². The van der Waals surface area contributed by atoms with Crippen LogP contribution in [0.2, 0.25) is 0 Å². The highest BCUT2D eigenvalue weighted by molar-refractivity contribution is 7.17. The van der Waals surface area contributed by atoms with Crippen molar-refractivity contribution in [2.45, 2.75) is 6.18 Å². The lowest BCUT2D eigenvalue weighted by Gasteiger charge is -2.12. The molecule has 2 heterocycles. The minimum Gasteiger partial charge on any atom is -0.493 e. The highest BCUT2D eigenvalue weighted by atomic mass is 32.1. The standard InChI is InChI=1S/C32H26F3N3O6S/c1-41-23-11-9-19(14-26(23)43-3)22-17-45-31-29(22)30(40)37-27(38-31)12-8-18-7-10-24(25(13-18)42-2)44-16-28(39)36-21-6-4-5-20(15-21)32(33,34)35/h4-15,17H,16H2,1-3H3,(H,36,39)(H,37,38,40). The number of halogens is 3. The van der Waals surface area contributed by atoms with E-state index in [-0.39, 0.29) is 17.0 Å². The summed E-state index contributed by atoms with van der Waals surface area (Å²) < 4.78 is 60.5. The highest BCUT2D eigenvalue weighted by Gasteiger charge is 2.30. The summed E-state index contributed by atoms with van der Waals surface area (Å²) in [6.45, 7) is -0.459. The first-order valence-corrected chi connectivity index (χ1v) is 14.2. The average molecular weight is 638 g/mol. The van der Waals surface area contributed by atoms with E-state index in [2.05, 4.69) is 15.3 Å². The summed E-state index contributed by atoms with van der Waals surface area (Å²) in [5.41, 5.74) is 1.03. The second-order valence-corrected chi connectivity index (χ2v) is 10.4. The Morgan fingerprint density at radius 3 is 2.40 bits per heavy atom. The second kappa shape index (κ2) is 13.1. The summed E-state index contributed by atoms with van der Waals surface area (Å²) >= 11 is 1.34. The molecule has 0 radical (unpaired) electrons. The molecule has 0 aliphatic rings. The smallest absolute Gasteiger partial charge is 0.416 e. The molecule has 0 unspecified atom stereocenters. The van der Waals surface area contributed by atoms with Gasteiger partial charge in [-0.15, -0.1) is 11.3 Å². The number of methoxy groups -OCH3 is 3. The number of amides is 1. The maximum Gasteiger partial charge on any atom is 0.416 e. The molecule has 5 aromatic rings. The minimum absolute atomic E-state index is 0.00421. The van der Waals surface area contributed by atoms with E-state index in [0.717, 1.165) is 23.3 Å². The number of ether oxygens (including phenoxy) is 4. The van der Waals surface area contributed by atoms with Gasteiger partial charge < -0.3 is 29.2 Å². The van der Waals surface area contributed by atoms with Gasteiger partial charge >= 0.3 is 6.18 Å². The first-order chi connectivity index (χ1) is 21.6. The maximum atomic E-state index is 13.1. The van der Waals surface area contributed by atoms with Gasteiger partial charge in [-0.2, -0.15) is 13.2 Å². The van der Waals surface area contributed by atoms with Crippen LogP contribution >= 0.6 is 11.3 Å². The number of benzene rings is 3. The van der Waals surface area contributed by atoms with E-state index in [9.17, 15) is 22.8 Å². The molecule has 5 rings (SSSR count). The number of carbonyl (C=O) groups is 1. The fourth-order valence-corrected chi connectivity index (χ4v) is 5.41. The molecule has 0 aliphatic carbocycles.